The van der Waals surface area contributed by atoms with Crippen molar-refractivity contribution < 1.29 is 9.32 Å². The summed E-state index contributed by atoms with van der Waals surface area (Å²) in [6, 6.07) is 3.88. The van der Waals surface area contributed by atoms with E-state index in [0.717, 1.165) is 35.9 Å². The monoisotopic (exact) mass is 358 g/mol. The van der Waals surface area contributed by atoms with Gasteiger partial charge >= 0.3 is 0 Å². The first-order chi connectivity index (χ1) is 12.3. The predicted octanol–water partition coefficient (Wildman–Crippen LogP) is 1.63. The normalized spacial score (nSPS) is 13.1. The second kappa shape index (κ2) is 7.14. The summed E-state index contributed by atoms with van der Waals surface area (Å²) in [5.41, 5.74) is 0. The van der Waals surface area contributed by atoms with Gasteiger partial charge in [-0.2, -0.15) is 4.98 Å². The average Bonchev–Trinajstić information content (AvgIpc) is 3.37. The van der Waals surface area contributed by atoms with Gasteiger partial charge in [-0.25, -0.2) is 0 Å². The molecule has 1 amide bonds. The van der Waals surface area contributed by atoms with Gasteiger partial charge in [0, 0.05) is 38.8 Å². The first-order valence-electron chi connectivity index (χ1n) is 8.34. The van der Waals surface area contributed by atoms with Crippen molar-refractivity contribution >= 4 is 17.2 Å². The van der Waals surface area contributed by atoms with Crippen molar-refractivity contribution in [2.24, 2.45) is 0 Å². The van der Waals surface area contributed by atoms with Crippen molar-refractivity contribution in [1.82, 2.24) is 30.2 Å². The molecule has 0 atom stereocenters. The standard InChI is InChI=1S/C16H18N6O2S/c23-14(17-8-7-13-20-19-12-4-1-9-22(12)13)5-6-15-18-16(21-24-15)11-3-2-10-25-11/h2-3,10H,1,4-9H2,(H,17,23). The lowest BCUT2D eigenvalue weighted by Crippen LogP contribution is -2.26. The SMILES string of the molecule is O=C(CCc1nc(-c2cccs2)no1)NCCc1nnc2n1CCC2. The van der Waals surface area contributed by atoms with Crippen molar-refractivity contribution in [3.8, 4) is 10.7 Å². The molecule has 0 radical (unpaired) electrons. The predicted molar refractivity (Wildman–Crippen MR) is 91.0 cm³/mol. The van der Waals surface area contributed by atoms with E-state index in [-0.39, 0.29) is 5.91 Å². The molecule has 8 nitrogen and oxygen atoms in total. The van der Waals surface area contributed by atoms with Crippen LogP contribution in [-0.2, 0) is 30.6 Å². The topological polar surface area (TPSA) is 98.7 Å². The highest BCUT2D eigenvalue weighted by atomic mass is 32.1. The molecule has 130 valence electrons. The van der Waals surface area contributed by atoms with Gasteiger partial charge in [0.05, 0.1) is 4.88 Å². The molecule has 4 heterocycles. The van der Waals surface area contributed by atoms with Gasteiger partial charge in [-0.1, -0.05) is 11.2 Å². The molecule has 0 unspecified atom stereocenters. The maximum absolute atomic E-state index is 12.0. The molecule has 0 spiro atoms. The minimum absolute atomic E-state index is 0.0305. The summed E-state index contributed by atoms with van der Waals surface area (Å²) in [6.07, 6.45) is 3.58. The average molecular weight is 358 g/mol. The molecular formula is C16H18N6O2S. The molecule has 4 rings (SSSR count). The summed E-state index contributed by atoms with van der Waals surface area (Å²) >= 11 is 1.55. The number of rotatable bonds is 7. The highest BCUT2D eigenvalue weighted by molar-refractivity contribution is 7.13. The second-order valence-electron chi connectivity index (χ2n) is 5.88. The Morgan fingerprint density at radius 2 is 2.32 bits per heavy atom. The molecule has 1 N–H and O–H groups in total. The van der Waals surface area contributed by atoms with Gasteiger partial charge in [0.25, 0.3) is 0 Å². The number of fused-ring (bicyclic) bond motifs is 1. The van der Waals surface area contributed by atoms with E-state index in [0.29, 0.717) is 37.5 Å². The van der Waals surface area contributed by atoms with Gasteiger partial charge < -0.3 is 14.4 Å². The largest absolute Gasteiger partial charge is 0.356 e. The summed E-state index contributed by atoms with van der Waals surface area (Å²) < 4.78 is 7.35. The van der Waals surface area contributed by atoms with Crippen LogP contribution in [0.1, 0.15) is 30.4 Å². The minimum atomic E-state index is -0.0305. The maximum Gasteiger partial charge on any atom is 0.227 e. The van der Waals surface area contributed by atoms with Crippen LogP contribution in [0.5, 0.6) is 0 Å². The number of aromatic nitrogens is 5. The van der Waals surface area contributed by atoms with E-state index < -0.39 is 0 Å². The molecule has 1 aliphatic heterocycles. The van der Waals surface area contributed by atoms with E-state index in [4.69, 9.17) is 4.52 Å². The lowest BCUT2D eigenvalue weighted by molar-refractivity contribution is -0.121. The molecule has 0 fully saturated rings. The van der Waals surface area contributed by atoms with Gasteiger partial charge in [-0.05, 0) is 17.9 Å². The number of nitrogens with one attached hydrogen (secondary N) is 1. The molecule has 9 heteroatoms. The van der Waals surface area contributed by atoms with Gasteiger partial charge in [0.15, 0.2) is 0 Å². The molecule has 0 aliphatic carbocycles. The third-order valence-corrected chi connectivity index (χ3v) is 5.00. The van der Waals surface area contributed by atoms with Crippen LogP contribution < -0.4 is 5.32 Å². The Balaban J connectivity index is 1.21. The minimum Gasteiger partial charge on any atom is -0.356 e. The zero-order chi connectivity index (χ0) is 17.1. The van der Waals surface area contributed by atoms with Crippen LogP contribution in [0.15, 0.2) is 22.0 Å². The third-order valence-electron chi connectivity index (χ3n) is 4.13. The molecule has 0 saturated heterocycles. The summed E-state index contributed by atoms with van der Waals surface area (Å²) in [5, 5.41) is 17.2. The van der Waals surface area contributed by atoms with Crippen molar-refractivity contribution in [2.45, 2.75) is 38.6 Å². The first kappa shape index (κ1) is 15.9. The van der Waals surface area contributed by atoms with Crippen LogP contribution in [-0.4, -0.2) is 37.4 Å². The number of amides is 1. The van der Waals surface area contributed by atoms with E-state index in [1.807, 2.05) is 17.5 Å². The van der Waals surface area contributed by atoms with Gasteiger partial charge in [0.2, 0.25) is 17.6 Å². The number of nitrogens with zero attached hydrogens (tertiary/aromatic N) is 5. The fourth-order valence-electron chi connectivity index (χ4n) is 2.88. The van der Waals surface area contributed by atoms with Crippen LogP contribution in [0.4, 0.5) is 0 Å². The lowest BCUT2D eigenvalue weighted by atomic mass is 10.3. The van der Waals surface area contributed by atoms with Crippen LogP contribution in [0, 0.1) is 0 Å². The van der Waals surface area contributed by atoms with E-state index in [1.165, 1.54) is 0 Å². The molecule has 0 saturated carbocycles. The van der Waals surface area contributed by atoms with Crippen LogP contribution >= 0.6 is 11.3 Å². The molecule has 3 aromatic rings. The van der Waals surface area contributed by atoms with E-state index in [2.05, 4.69) is 30.2 Å². The molecule has 25 heavy (non-hydrogen) atoms. The van der Waals surface area contributed by atoms with Gasteiger partial charge in [-0.15, -0.1) is 21.5 Å². The number of carbonyl (C=O) groups is 1. The molecule has 0 bridgehead atoms. The van der Waals surface area contributed by atoms with Gasteiger partial charge in [0.1, 0.15) is 11.6 Å². The van der Waals surface area contributed by atoms with Gasteiger partial charge in [-0.3, -0.25) is 4.79 Å². The first-order valence-corrected chi connectivity index (χ1v) is 9.21. The smallest absolute Gasteiger partial charge is 0.227 e. The van der Waals surface area contributed by atoms with E-state index >= 15 is 0 Å². The van der Waals surface area contributed by atoms with Crippen molar-refractivity contribution in [3.63, 3.8) is 0 Å². The molecule has 1 aliphatic rings. The van der Waals surface area contributed by atoms with E-state index in [1.54, 1.807) is 11.3 Å². The number of hydrogen-bond acceptors (Lipinski definition) is 7. The summed E-state index contributed by atoms with van der Waals surface area (Å²) in [4.78, 5) is 17.2. The number of aryl methyl sites for hydroxylation is 2. The zero-order valence-corrected chi connectivity index (χ0v) is 14.5. The maximum atomic E-state index is 12.0. The third kappa shape index (κ3) is 3.60. The summed E-state index contributed by atoms with van der Waals surface area (Å²) in [5.74, 6) is 3.03. The Kier molecular flexibility index (Phi) is 4.55. The summed E-state index contributed by atoms with van der Waals surface area (Å²) in [7, 11) is 0. The highest BCUT2D eigenvalue weighted by Gasteiger charge is 2.17. The Hall–Kier alpha value is -2.55. The Labute approximate surface area is 148 Å². The second-order valence-corrected chi connectivity index (χ2v) is 6.82. The van der Waals surface area contributed by atoms with Crippen LogP contribution in [0.2, 0.25) is 0 Å². The van der Waals surface area contributed by atoms with Crippen molar-refractivity contribution in [2.75, 3.05) is 6.54 Å². The fraction of sp³-hybridized carbons (Fsp3) is 0.438. The summed E-state index contributed by atoms with van der Waals surface area (Å²) in [6.45, 7) is 1.54. The molecular weight excluding hydrogens is 340 g/mol. The lowest BCUT2D eigenvalue weighted by Gasteiger charge is -2.05. The van der Waals surface area contributed by atoms with Crippen molar-refractivity contribution in [1.29, 1.82) is 0 Å². The highest BCUT2D eigenvalue weighted by Crippen LogP contribution is 2.21. The van der Waals surface area contributed by atoms with Crippen LogP contribution in [0.3, 0.4) is 0 Å². The Bertz CT molecular complexity index is 854. The zero-order valence-electron chi connectivity index (χ0n) is 13.6. The number of carbonyl (C=O) groups excluding carboxylic acids is 1. The Morgan fingerprint density at radius 3 is 3.20 bits per heavy atom. The number of thiophene rings is 1. The molecule has 0 aromatic carbocycles. The van der Waals surface area contributed by atoms with Crippen LogP contribution in [0.25, 0.3) is 10.7 Å². The number of hydrogen-bond donors (Lipinski definition) is 1. The fourth-order valence-corrected chi connectivity index (χ4v) is 3.53. The molecule has 3 aromatic heterocycles. The van der Waals surface area contributed by atoms with Crippen molar-refractivity contribution in [3.05, 3.63) is 35.1 Å². The quantitative estimate of drug-likeness (QED) is 0.689. The van der Waals surface area contributed by atoms with E-state index in [9.17, 15) is 4.79 Å². The Morgan fingerprint density at radius 1 is 1.36 bits per heavy atom.